The maximum atomic E-state index is 12.3. The summed E-state index contributed by atoms with van der Waals surface area (Å²) >= 11 is 0. The van der Waals surface area contributed by atoms with E-state index in [-0.39, 0.29) is 19.1 Å². The van der Waals surface area contributed by atoms with Crippen LogP contribution in [0.4, 0.5) is 11.6 Å². The first kappa shape index (κ1) is 22.0. The first-order valence-corrected chi connectivity index (χ1v) is 10.9. The van der Waals surface area contributed by atoms with Gasteiger partial charge in [0, 0.05) is 43.8 Å². The Labute approximate surface area is 187 Å². The highest BCUT2D eigenvalue weighted by Crippen LogP contribution is 2.23. The molecule has 0 saturated carbocycles. The normalized spacial score (nSPS) is 14.5. The molecule has 3 aromatic rings. The summed E-state index contributed by atoms with van der Waals surface area (Å²) in [5.74, 6) is 1.17. The topological polar surface area (TPSA) is 90.8 Å². The summed E-state index contributed by atoms with van der Waals surface area (Å²) in [7, 11) is 0. The fourth-order valence-corrected chi connectivity index (χ4v) is 3.78. The molecule has 32 heavy (non-hydrogen) atoms. The zero-order valence-corrected chi connectivity index (χ0v) is 18.5. The van der Waals surface area contributed by atoms with Gasteiger partial charge in [-0.1, -0.05) is 17.7 Å². The largest absolute Gasteiger partial charge is 0.484 e. The first-order chi connectivity index (χ1) is 15.5. The van der Waals surface area contributed by atoms with Crippen LogP contribution in [-0.2, 0) is 4.79 Å². The van der Waals surface area contributed by atoms with Crippen molar-refractivity contribution in [1.82, 2.24) is 14.9 Å². The van der Waals surface area contributed by atoms with Crippen molar-refractivity contribution < 1.29 is 14.6 Å². The van der Waals surface area contributed by atoms with Crippen molar-refractivity contribution in [3.05, 3.63) is 53.7 Å². The number of ether oxygens (including phenoxy) is 1. The highest BCUT2D eigenvalue weighted by molar-refractivity contribution is 5.95. The second-order valence-electron chi connectivity index (χ2n) is 8.04. The summed E-state index contributed by atoms with van der Waals surface area (Å²) < 4.78 is 5.55. The number of aliphatic hydroxyl groups is 1. The Bertz CT molecular complexity index is 1080. The number of benzene rings is 2. The predicted octanol–water partition coefficient (Wildman–Crippen LogP) is 2.38. The number of aliphatic hydroxyl groups excluding tert-OH is 1. The Morgan fingerprint density at radius 2 is 1.81 bits per heavy atom. The van der Waals surface area contributed by atoms with Crippen molar-refractivity contribution in [2.24, 2.45) is 0 Å². The van der Waals surface area contributed by atoms with E-state index in [1.807, 2.05) is 56.3 Å². The van der Waals surface area contributed by atoms with Gasteiger partial charge in [0.1, 0.15) is 5.75 Å². The number of nitrogens with zero attached hydrogens (tertiary/aromatic N) is 4. The Morgan fingerprint density at radius 1 is 1.06 bits per heavy atom. The summed E-state index contributed by atoms with van der Waals surface area (Å²) in [6.45, 7) is 8.23. The molecule has 2 aromatic carbocycles. The van der Waals surface area contributed by atoms with Crippen LogP contribution in [0.1, 0.15) is 11.3 Å². The number of nitrogens with one attached hydrogen (secondary N) is 1. The third kappa shape index (κ3) is 5.33. The van der Waals surface area contributed by atoms with E-state index in [4.69, 9.17) is 19.8 Å². The molecule has 8 nitrogen and oxygen atoms in total. The molecule has 2 heterocycles. The van der Waals surface area contributed by atoms with Crippen molar-refractivity contribution in [3.63, 3.8) is 0 Å². The lowest BCUT2D eigenvalue weighted by atomic mass is 10.1. The molecule has 1 fully saturated rings. The summed E-state index contributed by atoms with van der Waals surface area (Å²) in [6, 6.07) is 13.3. The predicted molar refractivity (Wildman–Crippen MR) is 125 cm³/mol. The van der Waals surface area contributed by atoms with Crippen molar-refractivity contribution in [2.45, 2.75) is 13.8 Å². The van der Waals surface area contributed by atoms with E-state index in [1.54, 1.807) is 0 Å². The maximum absolute atomic E-state index is 12.3. The van der Waals surface area contributed by atoms with Gasteiger partial charge in [-0.2, -0.15) is 0 Å². The molecule has 1 aliphatic rings. The van der Waals surface area contributed by atoms with Gasteiger partial charge in [0.25, 0.3) is 5.91 Å². The standard InChI is InChI=1S/C24H29N5O3/c1-17-3-6-20(7-4-17)32-16-23(31)26-19-5-8-22-21(15-19)18(2)25-24(27-22)29-11-9-28(10-12-29)13-14-30/h3-8,15,30H,9-14,16H2,1-2H3,(H,26,31). The van der Waals surface area contributed by atoms with Crippen LogP contribution in [0.3, 0.4) is 0 Å². The number of β-amino-alcohol motifs (C(OH)–C–C–N with tert-alkyl or cyclic N) is 1. The Kier molecular flexibility index (Phi) is 6.82. The number of aromatic nitrogens is 2. The minimum Gasteiger partial charge on any atom is -0.484 e. The van der Waals surface area contributed by atoms with Crippen molar-refractivity contribution in [2.75, 3.05) is 56.2 Å². The van der Waals surface area contributed by atoms with E-state index in [0.717, 1.165) is 54.3 Å². The fraction of sp³-hybridized carbons (Fsp3) is 0.375. The number of carbonyl (C=O) groups excluding carboxylic acids is 1. The number of piperazine rings is 1. The van der Waals surface area contributed by atoms with Crippen LogP contribution >= 0.6 is 0 Å². The molecule has 168 valence electrons. The zero-order chi connectivity index (χ0) is 22.5. The van der Waals surface area contributed by atoms with Crippen LogP contribution in [0.25, 0.3) is 10.9 Å². The molecule has 8 heteroatoms. The Morgan fingerprint density at radius 3 is 2.53 bits per heavy atom. The number of anilines is 2. The van der Waals surface area contributed by atoms with Crippen LogP contribution in [0.5, 0.6) is 5.75 Å². The van der Waals surface area contributed by atoms with E-state index >= 15 is 0 Å². The molecule has 0 unspecified atom stereocenters. The van der Waals surface area contributed by atoms with E-state index in [1.165, 1.54) is 0 Å². The van der Waals surface area contributed by atoms with Crippen LogP contribution in [0.2, 0.25) is 0 Å². The number of carbonyl (C=O) groups is 1. The van der Waals surface area contributed by atoms with Gasteiger partial charge >= 0.3 is 0 Å². The van der Waals surface area contributed by atoms with Gasteiger partial charge in [0.05, 0.1) is 17.8 Å². The van der Waals surface area contributed by atoms with E-state index < -0.39 is 0 Å². The summed E-state index contributed by atoms with van der Waals surface area (Å²) in [5, 5.41) is 12.9. The van der Waals surface area contributed by atoms with E-state index in [9.17, 15) is 4.79 Å². The average Bonchev–Trinajstić information content (AvgIpc) is 2.80. The molecule has 1 aliphatic heterocycles. The highest BCUT2D eigenvalue weighted by atomic mass is 16.5. The van der Waals surface area contributed by atoms with Gasteiger partial charge < -0.3 is 20.1 Å². The Hall–Kier alpha value is -3.23. The molecular weight excluding hydrogens is 406 g/mol. The lowest BCUT2D eigenvalue weighted by molar-refractivity contribution is -0.118. The summed E-state index contributed by atoms with van der Waals surface area (Å²) in [4.78, 5) is 26.2. The first-order valence-electron chi connectivity index (χ1n) is 10.9. The van der Waals surface area contributed by atoms with E-state index in [0.29, 0.717) is 18.0 Å². The third-order valence-corrected chi connectivity index (χ3v) is 5.62. The number of hydrogen-bond donors (Lipinski definition) is 2. The summed E-state index contributed by atoms with van der Waals surface area (Å²) in [6.07, 6.45) is 0. The molecule has 0 bridgehead atoms. The van der Waals surface area contributed by atoms with Gasteiger partial charge in [0.2, 0.25) is 5.95 Å². The molecule has 1 amide bonds. The van der Waals surface area contributed by atoms with Crippen LogP contribution in [-0.4, -0.2) is 71.8 Å². The SMILES string of the molecule is Cc1ccc(OCC(=O)Nc2ccc3nc(N4CCN(CCO)CC4)nc(C)c3c2)cc1. The molecule has 0 atom stereocenters. The molecule has 4 rings (SSSR count). The molecular formula is C24H29N5O3. The second-order valence-corrected chi connectivity index (χ2v) is 8.04. The molecule has 1 saturated heterocycles. The summed E-state index contributed by atoms with van der Waals surface area (Å²) in [5.41, 5.74) is 3.55. The minimum atomic E-state index is -0.221. The van der Waals surface area contributed by atoms with Crippen LogP contribution < -0.4 is 15.0 Å². The van der Waals surface area contributed by atoms with Gasteiger partial charge in [-0.15, -0.1) is 0 Å². The highest BCUT2D eigenvalue weighted by Gasteiger charge is 2.19. The third-order valence-electron chi connectivity index (χ3n) is 5.62. The lowest BCUT2D eigenvalue weighted by Crippen LogP contribution is -2.47. The van der Waals surface area contributed by atoms with Crippen molar-refractivity contribution in [3.8, 4) is 5.75 Å². The molecule has 0 radical (unpaired) electrons. The number of amides is 1. The number of rotatable bonds is 7. The maximum Gasteiger partial charge on any atom is 0.262 e. The van der Waals surface area contributed by atoms with Gasteiger partial charge in [-0.05, 0) is 44.2 Å². The number of fused-ring (bicyclic) bond motifs is 1. The minimum absolute atomic E-state index is 0.0578. The fourth-order valence-electron chi connectivity index (χ4n) is 3.78. The van der Waals surface area contributed by atoms with Gasteiger partial charge in [-0.25, -0.2) is 9.97 Å². The molecule has 0 aliphatic carbocycles. The molecule has 2 N–H and O–H groups in total. The zero-order valence-electron chi connectivity index (χ0n) is 18.5. The quantitative estimate of drug-likeness (QED) is 0.589. The smallest absolute Gasteiger partial charge is 0.262 e. The molecule has 0 spiro atoms. The Balaban J connectivity index is 1.40. The van der Waals surface area contributed by atoms with Crippen LogP contribution in [0.15, 0.2) is 42.5 Å². The number of aryl methyl sites for hydroxylation is 2. The van der Waals surface area contributed by atoms with Gasteiger partial charge in [0.15, 0.2) is 6.61 Å². The second kappa shape index (κ2) is 9.93. The average molecular weight is 436 g/mol. The van der Waals surface area contributed by atoms with Crippen molar-refractivity contribution >= 4 is 28.4 Å². The molecule has 1 aromatic heterocycles. The van der Waals surface area contributed by atoms with Gasteiger partial charge in [-0.3, -0.25) is 9.69 Å². The number of hydrogen-bond acceptors (Lipinski definition) is 7. The monoisotopic (exact) mass is 435 g/mol. The van der Waals surface area contributed by atoms with E-state index in [2.05, 4.69) is 15.1 Å². The van der Waals surface area contributed by atoms with Crippen LogP contribution in [0, 0.1) is 13.8 Å². The lowest BCUT2D eigenvalue weighted by Gasteiger charge is -2.34. The van der Waals surface area contributed by atoms with Crippen molar-refractivity contribution in [1.29, 1.82) is 0 Å².